The third kappa shape index (κ3) is 6.34. The van der Waals surface area contributed by atoms with E-state index in [1.807, 2.05) is 6.92 Å². The Kier molecular flexibility index (Phi) is 8.20. The summed E-state index contributed by atoms with van der Waals surface area (Å²) >= 11 is 0. The fraction of sp³-hybridized carbons (Fsp3) is 0.300. The number of unbranched alkanes of at least 4 members (excludes halogenated alkanes) is 1. The van der Waals surface area contributed by atoms with Crippen molar-refractivity contribution in [3.05, 3.63) is 53.6 Å². The molecule has 0 saturated heterocycles. The molecule has 0 heterocycles. The minimum absolute atomic E-state index is 0.148. The van der Waals surface area contributed by atoms with Gasteiger partial charge in [0.2, 0.25) is 0 Å². The van der Waals surface area contributed by atoms with Crippen LogP contribution in [0.25, 0.3) is 0 Å². The summed E-state index contributed by atoms with van der Waals surface area (Å²) in [7, 11) is 1.45. The summed E-state index contributed by atoms with van der Waals surface area (Å²) in [5.74, 6) is -0.857. The normalized spacial score (nSPS) is 10.4. The first kappa shape index (κ1) is 21.9. The minimum atomic E-state index is -3.08. The molecule has 0 aliphatic rings. The molecular weight excluding hydrogens is 386 g/mol. The Morgan fingerprint density at radius 1 is 1.00 bits per heavy atom. The second-order valence-electron chi connectivity index (χ2n) is 5.85. The van der Waals surface area contributed by atoms with E-state index >= 15 is 0 Å². The van der Waals surface area contributed by atoms with Gasteiger partial charge in [-0.15, -0.1) is 0 Å². The van der Waals surface area contributed by atoms with Gasteiger partial charge in [-0.25, -0.2) is 0 Å². The number of alkyl halides is 2. The minimum Gasteiger partial charge on any atom is -0.493 e. The molecule has 0 fully saturated rings. The maximum Gasteiger partial charge on any atom is 0.387 e. The predicted molar refractivity (Wildman–Crippen MR) is 101 cm³/mol. The van der Waals surface area contributed by atoms with Crippen molar-refractivity contribution >= 4 is 11.8 Å². The van der Waals surface area contributed by atoms with Crippen molar-refractivity contribution in [3.63, 3.8) is 0 Å². The van der Waals surface area contributed by atoms with Crippen LogP contribution in [0.2, 0.25) is 0 Å². The summed E-state index contributed by atoms with van der Waals surface area (Å²) in [5, 5.41) is 0. The molecule has 29 heavy (non-hydrogen) atoms. The number of carbonyl (C=O) groups is 2. The average Bonchev–Trinajstić information content (AvgIpc) is 2.72. The topological polar surface area (TPSA) is 85.9 Å². The van der Waals surface area contributed by atoms with Crippen LogP contribution in [0.1, 0.15) is 40.5 Å². The number of benzene rings is 2. The molecule has 2 aromatic rings. The third-order valence-corrected chi connectivity index (χ3v) is 3.82. The Bertz CT molecular complexity index is 845. The molecule has 0 aliphatic heterocycles. The molecule has 9 heteroatoms. The van der Waals surface area contributed by atoms with Gasteiger partial charge in [0, 0.05) is 5.56 Å². The van der Waals surface area contributed by atoms with Crippen molar-refractivity contribution in [1.82, 2.24) is 10.9 Å². The number of methoxy groups -OCH3 is 1. The predicted octanol–water partition coefficient (Wildman–Crippen LogP) is 3.55. The van der Waals surface area contributed by atoms with Crippen LogP contribution in [-0.4, -0.2) is 32.1 Å². The van der Waals surface area contributed by atoms with E-state index in [0.717, 1.165) is 12.8 Å². The van der Waals surface area contributed by atoms with E-state index in [1.54, 1.807) is 6.07 Å². The molecule has 0 spiro atoms. The van der Waals surface area contributed by atoms with E-state index in [-0.39, 0.29) is 16.9 Å². The Balaban J connectivity index is 2.03. The van der Waals surface area contributed by atoms with Crippen LogP contribution in [-0.2, 0) is 0 Å². The monoisotopic (exact) mass is 408 g/mol. The molecule has 2 aromatic carbocycles. The standard InChI is InChI=1S/C20H22F2N2O5/c1-3-4-11-28-16-10-9-13(12-17(16)27-2)18(25)23-24-19(26)14-7-5-6-8-15(14)29-20(21)22/h5-10,12,20H,3-4,11H2,1-2H3,(H,23,25)(H,24,26). The van der Waals surface area contributed by atoms with E-state index in [2.05, 4.69) is 15.6 Å². The van der Waals surface area contributed by atoms with Gasteiger partial charge in [0.05, 0.1) is 19.3 Å². The van der Waals surface area contributed by atoms with Crippen molar-refractivity contribution in [3.8, 4) is 17.2 Å². The van der Waals surface area contributed by atoms with Gasteiger partial charge in [0.1, 0.15) is 5.75 Å². The van der Waals surface area contributed by atoms with Crippen LogP contribution in [0.5, 0.6) is 17.2 Å². The molecule has 0 radical (unpaired) electrons. The van der Waals surface area contributed by atoms with Crippen LogP contribution in [0.4, 0.5) is 8.78 Å². The zero-order chi connectivity index (χ0) is 21.2. The lowest BCUT2D eigenvalue weighted by molar-refractivity contribution is -0.0501. The Morgan fingerprint density at radius 3 is 2.41 bits per heavy atom. The molecule has 2 amide bonds. The second kappa shape index (κ2) is 10.8. The lowest BCUT2D eigenvalue weighted by Gasteiger charge is -2.13. The molecule has 0 aliphatic carbocycles. The molecule has 0 atom stereocenters. The summed E-state index contributed by atoms with van der Waals surface area (Å²) in [6.07, 6.45) is 1.86. The molecule has 2 N–H and O–H groups in total. The number of hydrogen-bond acceptors (Lipinski definition) is 5. The van der Waals surface area contributed by atoms with E-state index in [9.17, 15) is 18.4 Å². The summed E-state index contributed by atoms with van der Waals surface area (Å²) in [6, 6.07) is 10.0. The zero-order valence-corrected chi connectivity index (χ0v) is 16.0. The summed E-state index contributed by atoms with van der Waals surface area (Å²) < 4.78 is 40.1. The Hall–Kier alpha value is -3.36. The van der Waals surface area contributed by atoms with Gasteiger partial charge in [-0.05, 0) is 36.8 Å². The first-order chi connectivity index (χ1) is 14.0. The SMILES string of the molecule is CCCCOc1ccc(C(=O)NNC(=O)c2ccccc2OC(F)F)cc1OC. The van der Waals surface area contributed by atoms with E-state index < -0.39 is 18.4 Å². The van der Waals surface area contributed by atoms with Crippen molar-refractivity contribution in [2.24, 2.45) is 0 Å². The van der Waals surface area contributed by atoms with Crippen molar-refractivity contribution in [2.45, 2.75) is 26.4 Å². The van der Waals surface area contributed by atoms with Gasteiger partial charge in [-0.3, -0.25) is 20.4 Å². The quantitative estimate of drug-likeness (QED) is 0.490. The van der Waals surface area contributed by atoms with Crippen LogP contribution in [0.3, 0.4) is 0 Å². The van der Waals surface area contributed by atoms with Crippen molar-refractivity contribution in [1.29, 1.82) is 0 Å². The van der Waals surface area contributed by atoms with Crippen molar-refractivity contribution < 1.29 is 32.6 Å². The fourth-order valence-corrected chi connectivity index (χ4v) is 2.36. The fourth-order valence-electron chi connectivity index (χ4n) is 2.36. The molecule has 0 aromatic heterocycles. The van der Waals surface area contributed by atoms with Gasteiger partial charge >= 0.3 is 6.61 Å². The first-order valence-corrected chi connectivity index (χ1v) is 8.91. The van der Waals surface area contributed by atoms with Crippen LogP contribution < -0.4 is 25.1 Å². The smallest absolute Gasteiger partial charge is 0.387 e. The Morgan fingerprint density at radius 2 is 1.72 bits per heavy atom. The number of para-hydroxylation sites is 1. The van der Waals surface area contributed by atoms with E-state index in [1.165, 1.54) is 43.5 Å². The summed E-state index contributed by atoms with van der Waals surface area (Å²) in [4.78, 5) is 24.5. The number of hydrogen-bond donors (Lipinski definition) is 2. The maximum atomic E-state index is 12.5. The molecule has 156 valence electrons. The zero-order valence-electron chi connectivity index (χ0n) is 16.0. The number of carbonyl (C=O) groups excluding carboxylic acids is 2. The van der Waals surface area contributed by atoms with Gasteiger partial charge in [-0.1, -0.05) is 25.5 Å². The van der Waals surface area contributed by atoms with Crippen LogP contribution in [0, 0.1) is 0 Å². The van der Waals surface area contributed by atoms with Gasteiger partial charge in [0.15, 0.2) is 11.5 Å². The molecule has 0 unspecified atom stereocenters. The van der Waals surface area contributed by atoms with Gasteiger partial charge in [0.25, 0.3) is 11.8 Å². The lowest BCUT2D eigenvalue weighted by Crippen LogP contribution is -2.41. The number of hydrazine groups is 1. The highest BCUT2D eigenvalue weighted by Gasteiger charge is 2.17. The second-order valence-corrected chi connectivity index (χ2v) is 5.85. The summed E-state index contributed by atoms with van der Waals surface area (Å²) in [5.41, 5.74) is 4.45. The lowest BCUT2D eigenvalue weighted by atomic mass is 10.2. The molecule has 7 nitrogen and oxygen atoms in total. The maximum absolute atomic E-state index is 12.5. The number of rotatable bonds is 9. The number of amides is 2. The average molecular weight is 408 g/mol. The van der Waals surface area contributed by atoms with Gasteiger partial charge in [-0.2, -0.15) is 8.78 Å². The molecule has 0 bridgehead atoms. The highest BCUT2D eigenvalue weighted by Crippen LogP contribution is 2.28. The van der Waals surface area contributed by atoms with Crippen LogP contribution in [0.15, 0.2) is 42.5 Å². The molecule has 2 rings (SSSR count). The van der Waals surface area contributed by atoms with E-state index in [4.69, 9.17) is 9.47 Å². The Labute approximate surface area is 166 Å². The third-order valence-electron chi connectivity index (χ3n) is 3.82. The first-order valence-electron chi connectivity index (χ1n) is 8.91. The highest BCUT2D eigenvalue weighted by atomic mass is 19.3. The largest absolute Gasteiger partial charge is 0.493 e. The van der Waals surface area contributed by atoms with E-state index in [0.29, 0.717) is 18.1 Å². The molecule has 0 saturated carbocycles. The van der Waals surface area contributed by atoms with Gasteiger partial charge < -0.3 is 14.2 Å². The number of ether oxygens (including phenoxy) is 3. The van der Waals surface area contributed by atoms with Crippen molar-refractivity contribution in [2.75, 3.05) is 13.7 Å². The molecular formula is C20H22F2N2O5. The van der Waals surface area contributed by atoms with Crippen LogP contribution >= 0.6 is 0 Å². The summed E-state index contributed by atoms with van der Waals surface area (Å²) in [6.45, 7) is -0.515. The highest BCUT2D eigenvalue weighted by molar-refractivity contribution is 6.00. The number of halogens is 2. The number of nitrogens with one attached hydrogen (secondary N) is 2.